The lowest BCUT2D eigenvalue weighted by atomic mass is 10.0. The molecule has 0 unspecified atom stereocenters. The summed E-state index contributed by atoms with van der Waals surface area (Å²) < 4.78 is 15.3. The number of hydrogen-bond donors (Lipinski definition) is 0. The van der Waals surface area contributed by atoms with Crippen LogP contribution < -0.4 is 0 Å². The number of benzene rings is 2. The molecule has 4 rings (SSSR count). The number of hydrogen-bond acceptors (Lipinski definition) is 3. The molecule has 5 heteroatoms. The molecule has 0 fully saturated rings. The zero-order valence-electron chi connectivity index (χ0n) is 12.4. The fourth-order valence-corrected chi connectivity index (χ4v) is 2.68. The Hall–Kier alpha value is -3.08. The van der Waals surface area contributed by atoms with Crippen LogP contribution in [-0.4, -0.2) is 19.7 Å². The first kappa shape index (κ1) is 13.6. The van der Waals surface area contributed by atoms with E-state index in [1.54, 1.807) is 18.7 Å². The summed E-state index contributed by atoms with van der Waals surface area (Å²) in [6.45, 7) is 2.03. The van der Waals surface area contributed by atoms with Gasteiger partial charge in [0.1, 0.15) is 18.5 Å². The molecule has 2 aromatic carbocycles. The first-order valence-corrected chi connectivity index (χ1v) is 7.23. The van der Waals surface area contributed by atoms with Crippen LogP contribution >= 0.6 is 0 Å². The van der Waals surface area contributed by atoms with Gasteiger partial charge in [-0.15, -0.1) is 10.2 Å². The molecule has 0 amide bonds. The highest BCUT2D eigenvalue weighted by Gasteiger charge is 2.07. The van der Waals surface area contributed by atoms with Crippen molar-refractivity contribution in [1.29, 1.82) is 0 Å². The third-order valence-electron chi connectivity index (χ3n) is 3.84. The van der Waals surface area contributed by atoms with Crippen molar-refractivity contribution < 1.29 is 4.39 Å². The Labute approximate surface area is 132 Å². The molecule has 0 N–H and O–H groups in total. The zero-order valence-corrected chi connectivity index (χ0v) is 12.4. The van der Waals surface area contributed by atoms with Gasteiger partial charge in [0.2, 0.25) is 0 Å². The third-order valence-corrected chi connectivity index (χ3v) is 3.84. The highest BCUT2D eigenvalue weighted by molar-refractivity contribution is 5.86. The minimum atomic E-state index is -0.264. The minimum absolute atomic E-state index is 0.264. The van der Waals surface area contributed by atoms with Gasteiger partial charge < -0.3 is 0 Å². The van der Waals surface area contributed by atoms with Crippen molar-refractivity contribution in [2.45, 2.75) is 6.92 Å². The van der Waals surface area contributed by atoms with Gasteiger partial charge in [-0.3, -0.25) is 4.57 Å². The summed E-state index contributed by atoms with van der Waals surface area (Å²) in [5.41, 5.74) is 4.42. The molecule has 4 aromatic rings. The standard InChI is InChI=1S/C18H13FN4/c1-12-7-17(13-3-2-4-14(19)8-13)22-18-9-15(5-6-16(12)18)23-10-20-21-11-23/h2-11H,1H3. The highest BCUT2D eigenvalue weighted by Crippen LogP contribution is 2.26. The van der Waals surface area contributed by atoms with Crippen LogP contribution in [0.4, 0.5) is 4.39 Å². The normalized spacial score (nSPS) is 11.0. The van der Waals surface area contributed by atoms with Gasteiger partial charge in [-0.2, -0.15) is 0 Å². The number of fused-ring (bicyclic) bond motifs is 1. The quantitative estimate of drug-likeness (QED) is 0.563. The van der Waals surface area contributed by atoms with Crippen LogP contribution in [0.3, 0.4) is 0 Å². The SMILES string of the molecule is Cc1cc(-c2cccc(F)c2)nc2cc(-n3cnnc3)ccc12. The highest BCUT2D eigenvalue weighted by atomic mass is 19.1. The Morgan fingerprint density at radius 2 is 1.78 bits per heavy atom. The van der Waals surface area contributed by atoms with Gasteiger partial charge in [0.05, 0.1) is 16.9 Å². The van der Waals surface area contributed by atoms with Crippen molar-refractivity contribution in [3.63, 3.8) is 0 Å². The van der Waals surface area contributed by atoms with Gasteiger partial charge in [0, 0.05) is 10.9 Å². The van der Waals surface area contributed by atoms with E-state index in [0.29, 0.717) is 0 Å². The Morgan fingerprint density at radius 3 is 2.57 bits per heavy atom. The fraction of sp³-hybridized carbons (Fsp3) is 0.0556. The van der Waals surface area contributed by atoms with Gasteiger partial charge in [-0.1, -0.05) is 18.2 Å². The largest absolute Gasteiger partial charge is 0.288 e. The minimum Gasteiger partial charge on any atom is -0.288 e. The molecule has 0 atom stereocenters. The van der Waals surface area contributed by atoms with E-state index in [9.17, 15) is 4.39 Å². The van der Waals surface area contributed by atoms with Gasteiger partial charge in [-0.05, 0) is 42.8 Å². The van der Waals surface area contributed by atoms with E-state index in [1.807, 2.05) is 41.8 Å². The molecule has 0 saturated carbocycles. The lowest BCUT2D eigenvalue weighted by Gasteiger charge is -2.09. The van der Waals surface area contributed by atoms with Crippen molar-refractivity contribution in [2.24, 2.45) is 0 Å². The van der Waals surface area contributed by atoms with Gasteiger partial charge in [0.25, 0.3) is 0 Å². The maximum atomic E-state index is 13.5. The average molecular weight is 304 g/mol. The number of aryl methyl sites for hydroxylation is 1. The van der Waals surface area contributed by atoms with Crippen LogP contribution in [0, 0.1) is 12.7 Å². The molecule has 2 aromatic heterocycles. The summed E-state index contributed by atoms with van der Waals surface area (Å²) in [4.78, 5) is 4.70. The summed E-state index contributed by atoms with van der Waals surface area (Å²) in [7, 11) is 0. The first-order valence-electron chi connectivity index (χ1n) is 7.23. The van der Waals surface area contributed by atoms with Gasteiger partial charge in [0.15, 0.2) is 0 Å². The van der Waals surface area contributed by atoms with Gasteiger partial charge >= 0.3 is 0 Å². The van der Waals surface area contributed by atoms with E-state index in [2.05, 4.69) is 10.2 Å². The fourth-order valence-electron chi connectivity index (χ4n) is 2.68. The van der Waals surface area contributed by atoms with Crippen LogP contribution in [0.2, 0.25) is 0 Å². The number of nitrogens with zero attached hydrogens (tertiary/aromatic N) is 4. The zero-order chi connectivity index (χ0) is 15.8. The first-order chi connectivity index (χ1) is 11.2. The molecule has 0 spiro atoms. The van der Waals surface area contributed by atoms with E-state index >= 15 is 0 Å². The second kappa shape index (κ2) is 5.28. The molecule has 0 aliphatic heterocycles. The molecular weight excluding hydrogens is 291 g/mol. The summed E-state index contributed by atoms with van der Waals surface area (Å²) in [6.07, 6.45) is 3.29. The van der Waals surface area contributed by atoms with E-state index in [4.69, 9.17) is 4.98 Å². The number of rotatable bonds is 2. The summed E-state index contributed by atoms with van der Waals surface area (Å²) in [6, 6.07) is 14.5. The van der Waals surface area contributed by atoms with E-state index in [-0.39, 0.29) is 5.82 Å². The van der Waals surface area contributed by atoms with Crippen LogP contribution in [-0.2, 0) is 0 Å². The van der Waals surface area contributed by atoms with Crippen LogP contribution in [0.25, 0.3) is 27.8 Å². The number of aromatic nitrogens is 4. The third kappa shape index (κ3) is 2.46. The molecule has 23 heavy (non-hydrogen) atoms. The molecule has 0 saturated heterocycles. The molecule has 0 aliphatic carbocycles. The molecule has 0 bridgehead atoms. The molecule has 112 valence electrons. The summed E-state index contributed by atoms with van der Waals surface area (Å²) >= 11 is 0. The Kier molecular flexibility index (Phi) is 3.12. The Morgan fingerprint density at radius 1 is 0.957 bits per heavy atom. The smallest absolute Gasteiger partial charge is 0.123 e. The monoisotopic (exact) mass is 304 g/mol. The average Bonchev–Trinajstić information content (AvgIpc) is 3.09. The van der Waals surface area contributed by atoms with Crippen LogP contribution in [0.1, 0.15) is 5.56 Å². The molecule has 0 radical (unpaired) electrons. The molecule has 2 heterocycles. The maximum Gasteiger partial charge on any atom is 0.123 e. The molecule has 0 aliphatic rings. The van der Waals surface area contributed by atoms with Crippen LogP contribution in [0.15, 0.2) is 61.2 Å². The predicted molar refractivity (Wildman–Crippen MR) is 86.8 cm³/mol. The number of pyridine rings is 1. The topological polar surface area (TPSA) is 43.6 Å². The van der Waals surface area contributed by atoms with Crippen molar-refractivity contribution in [3.8, 4) is 16.9 Å². The Bertz CT molecular complexity index is 993. The van der Waals surface area contributed by atoms with Crippen molar-refractivity contribution in [2.75, 3.05) is 0 Å². The second-order valence-electron chi connectivity index (χ2n) is 5.41. The van der Waals surface area contributed by atoms with Crippen molar-refractivity contribution in [3.05, 3.63) is 72.6 Å². The second-order valence-corrected chi connectivity index (χ2v) is 5.41. The van der Waals surface area contributed by atoms with Crippen molar-refractivity contribution in [1.82, 2.24) is 19.7 Å². The van der Waals surface area contributed by atoms with Crippen LogP contribution in [0.5, 0.6) is 0 Å². The predicted octanol–water partition coefficient (Wildman–Crippen LogP) is 3.93. The van der Waals surface area contributed by atoms with E-state index < -0.39 is 0 Å². The molecular formula is C18H13FN4. The summed E-state index contributed by atoms with van der Waals surface area (Å²) in [5, 5.41) is 8.72. The van der Waals surface area contributed by atoms with E-state index in [1.165, 1.54) is 12.1 Å². The summed E-state index contributed by atoms with van der Waals surface area (Å²) in [5.74, 6) is -0.264. The maximum absolute atomic E-state index is 13.5. The molecule has 4 nitrogen and oxygen atoms in total. The van der Waals surface area contributed by atoms with Gasteiger partial charge in [-0.25, -0.2) is 9.37 Å². The Balaban J connectivity index is 1.91. The van der Waals surface area contributed by atoms with Crippen molar-refractivity contribution >= 4 is 10.9 Å². The lowest BCUT2D eigenvalue weighted by Crippen LogP contribution is -1.93. The lowest BCUT2D eigenvalue weighted by molar-refractivity contribution is 0.628. The van der Waals surface area contributed by atoms with E-state index in [0.717, 1.165) is 33.4 Å². The number of halogens is 1.